The number of aromatic nitrogens is 1. The number of carbonyl (C=O) groups excluding carboxylic acids is 1. The Kier molecular flexibility index (Phi) is 4.62. The van der Waals surface area contributed by atoms with E-state index in [1.165, 1.54) is 23.5 Å². The molecule has 7 nitrogen and oxygen atoms in total. The molecule has 3 rings (SSSR count). The number of carbonyl (C=O) groups is 1. The van der Waals surface area contributed by atoms with Gasteiger partial charge < -0.3 is 4.74 Å². The number of nitrogens with zero attached hydrogens (tertiary/aromatic N) is 2. The second-order valence-corrected chi connectivity index (χ2v) is 6.59. The molecule has 0 spiro atoms. The van der Waals surface area contributed by atoms with Gasteiger partial charge in [0, 0.05) is 6.07 Å². The molecule has 0 atom stereocenters. The predicted molar refractivity (Wildman–Crippen MR) is 96.3 cm³/mol. The maximum absolute atomic E-state index is 12.1. The predicted octanol–water partition coefficient (Wildman–Crippen LogP) is 3.84. The first-order chi connectivity index (χ1) is 11.9. The normalized spacial score (nSPS) is 10.6. The van der Waals surface area contributed by atoms with E-state index >= 15 is 0 Å². The number of ether oxygens (including phenoxy) is 1. The van der Waals surface area contributed by atoms with Gasteiger partial charge in [-0.15, -0.1) is 0 Å². The summed E-state index contributed by atoms with van der Waals surface area (Å²) >= 11 is 1.37. The smallest absolute Gasteiger partial charge is 0.310 e. The summed E-state index contributed by atoms with van der Waals surface area (Å²) in [6.07, 6.45) is 0. The summed E-state index contributed by atoms with van der Waals surface area (Å²) in [5.74, 6) is -0.355. The van der Waals surface area contributed by atoms with Gasteiger partial charge in [0.1, 0.15) is 0 Å². The number of aryl methyl sites for hydroxylation is 2. The molecule has 0 radical (unpaired) electrons. The van der Waals surface area contributed by atoms with Gasteiger partial charge in [0.25, 0.3) is 5.91 Å². The molecule has 1 aromatic heterocycles. The number of amides is 1. The molecule has 1 N–H and O–H groups in total. The Morgan fingerprint density at radius 3 is 2.72 bits per heavy atom. The van der Waals surface area contributed by atoms with Crippen molar-refractivity contribution in [3.8, 4) is 5.75 Å². The lowest BCUT2D eigenvalue weighted by Crippen LogP contribution is -2.20. The molecular weight excluding hydrogens is 342 g/mol. The van der Waals surface area contributed by atoms with Gasteiger partial charge >= 0.3 is 5.69 Å². The number of anilines is 1. The van der Waals surface area contributed by atoms with Crippen molar-refractivity contribution in [3.05, 3.63) is 57.6 Å². The molecule has 0 aliphatic heterocycles. The minimum Gasteiger partial charge on any atom is -0.477 e. The highest BCUT2D eigenvalue weighted by Crippen LogP contribution is 2.28. The molecule has 0 aliphatic carbocycles. The van der Waals surface area contributed by atoms with Crippen molar-refractivity contribution >= 4 is 38.3 Å². The third-order valence-corrected chi connectivity index (χ3v) is 4.39. The summed E-state index contributed by atoms with van der Waals surface area (Å²) in [7, 11) is 0. The van der Waals surface area contributed by atoms with E-state index in [-0.39, 0.29) is 18.0 Å². The molecule has 0 bridgehead atoms. The topological polar surface area (TPSA) is 94.4 Å². The zero-order chi connectivity index (χ0) is 18.0. The van der Waals surface area contributed by atoms with E-state index in [1.807, 2.05) is 25.1 Å². The summed E-state index contributed by atoms with van der Waals surface area (Å²) in [5, 5.41) is 14.1. The lowest BCUT2D eigenvalue weighted by atomic mass is 10.2. The van der Waals surface area contributed by atoms with Crippen LogP contribution in [0.15, 0.2) is 36.4 Å². The number of nitro benzene ring substituents is 1. The molecule has 25 heavy (non-hydrogen) atoms. The minimum atomic E-state index is -0.539. The van der Waals surface area contributed by atoms with Crippen LogP contribution in [0.4, 0.5) is 10.8 Å². The van der Waals surface area contributed by atoms with Crippen LogP contribution in [0.3, 0.4) is 0 Å². The molecular formula is C17H15N3O4S. The van der Waals surface area contributed by atoms with Crippen molar-refractivity contribution in [1.82, 2.24) is 4.98 Å². The monoisotopic (exact) mass is 357 g/mol. The standard InChI is InChI=1S/C17H15N3O4S/c1-10-4-6-13(20(22)23)14(7-10)24-9-16(21)19-17-18-12-5-3-11(2)8-15(12)25-17/h3-8H,9H2,1-2H3,(H,18,19,21). The van der Waals surface area contributed by atoms with E-state index in [9.17, 15) is 14.9 Å². The molecule has 2 aromatic carbocycles. The number of hydrogen-bond donors (Lipinski definition) is 1. The minimum absolute atomic E-state index is 0.0695. The molecule has 0 unspecified atom stereocenters. The van der Waals surface area contributed by atoms with E-state index < -0.39 is 10.8 Å². The number of thiazole rings is 1. The van der Waals surface area contributed by atoms with Gasteiger partial charge in [0.15, 0.2) is 17.5 Å². The Morgan fingerprint density at radius 1 is 1.24 bits per heavy atom. The highest BCUT2D eigenvalue weighted by atomic mass is 32.1. The molecule has 3 aromatic rings. The largest absolute Gasteiger partial charge is 0.477 e. The van der Waals surface area contributed by atoms with Crippen LogP contribution in [0.5, 0.6) is 5.75 Å². The van der Waals surface area contributed by atoms with Gasteiger partial charge in [-0.05, 0) is 43.2 Å². The van der Waals surface area contributed by atoms with Crippen LogP contribution in [-0.4, -0.2) is 22.4 Å². The first kappa shape index (κ1) is 16.8. The van der Waals surface area contributed by atoms with Gasteiger partial charge in [-0.25, -0.2) is 4.98 Å². The Hall–Kier alpha value is -3.00. The second kappa shape index (κ2) is 6.86. The fourth-order valence-corrected chi connectivity index (χ4v) is 3.25. The van der Waals surface area contributed by atoms with Gasteiger partial charge in [0.2, 0.25) is 0 Å². The van der Waals surface area contributed by atoms with Crippen LogP contribution >= 0.6 is 11.3 Å². The Balaban J connectivity index is 1.68. The van der Waals surface area contributed by atoms with E-state index in [2.05, 4.69) is 10.3 Å². The zero-order valence-electron chi connectivity index (χ0n) is 13.6. The van der Waals surface area contributed by atoms with Gasteiger partial charge in [-0.2, -0.15) is 0 Å². The second-order valence-electron chi connectivity index (χ2n) is 5.56. The van der Waals surface area contributed by atoms with Crippen molar-refractivity contribution < 1.29 is 14.5 Å². The maximum Gasteiger partial charge on any atom is 0.310 e. The van der Waals surface area contributed by atoms with Gasteiger partial charge in [-0.3, -0.25) is 20.2 Å². The molecule has 128 valence electrons. The number of rotatable bonds is 5. The molecule has 0 saturated carbocycles. The lowest BCUT2D eigenvalue weighted by molar-refractivity contribution is -0.385. The molecule has 0 saturated heterocycles. The first-order valence-electron chi connectivity index (χ1n) is 7.47. The van der Waals surface area contributed by atoms with Crippen molar-refractivity contribution in [2.45, 2.75) is 13.8 Å². The molecule has 1 heterocycles. The first-order valence-corrected chi connectivity index (χ1v) is 8.29. The van der Waals surface area contributed by atoms with Gasteiger partial charge in [0.05, 0.1) is 15.1 Å². The quantitative estimate of drug-likeness (QED) is 0.553. The van der Waals surface area contributed by atoms with Crippen LogP contribution in [0.25, 0.3) is 10.2 Å². The lowest BCUT2D eigenvalue weighted by Gasteiger charge is -2.07. The zero-order valence-corrected chi connectivity index (χ0v) is 14.4. The van der Waals surface area contributed by atoms with Crippen LogP contribution in [0, 0.1) is 24.0 Å². The third-order valence-electron chi connectivity index (χ3n) is 3.46. The van der Waals surface area contributed by atoms with Crippen LogP contribution in [0.1, 0.15) is 11.1 Å². The number of hydrogen-bond acceptors (Lipinski definition) is 6. The Bertz CT molecular complexity index is 968. The van der Waals surface area contributed by atoms with Crippen molar-refractivity contribution in [1.29, 1.82) is 0 Å². The molecule has 8 heteroatoms. The van der Waals surface area contributed by atoms with Crippen molar-refractivity contribution in [2.75, 3.05) is 11.9 Å². The molecule has 0 fully saturated rings. The fraction of sp³-hybridized carbons (Fsp3) is 0.176. The van der Waals surface area contributed by atoms with Gasteiger partial charge in [-0.1, -0.05) is 23.5 Å². The summed E-state index contributed by atoms with van der Waals surface area (Å²) in [5.41, 5.74) is 2.56. The Morgan fingerprint density at radius 2 is 1.96 bits per heavy atom. The Labute approximate surface area is 147 Å². The third kappa shape index (κ3) is 3.92. The molecule has 0 aliphatic rings. The highest BCUT2D eigenvalue weighted by molar-refractivity contribution is 7.22. The SMILES string of the molecule is Cc1ccc([N+](=O)[O-])c(OCC(=O)Nc2nc3ccc(C)cc3s2)c1. The van der Waals surface area contributed by atoms with Crippen LogP contribution in [0.2, 0.25) is 0 Å². The summed E-state index contributed by atoms with van der Waals surface area (Å²) in [4.78, 5) is 26.9. The van der Waals surface area contributed by atoms with Crippen molar-refractivity contribution in [2.24, 2.45) is 0 Å². The summed E-state index contributed by atoms with van der Waals surface area (Å²) < 4.78 is 6.31. The van der Waals surface area contributed by atoms with E-state index in [0.29, 0.717) is 5.13 Å². The highest BCUT2D eigenvalue weighted by Gasteiger charge is 2.16. The van der Waals surface area contributed by atoms with E-state index in [0.717, 1.165) is 21.3 Å². The number of fused-ring (bicyclic) bond motifs is 1. The summed E-state index contributed by atoms with van der Waals surface area (Å²) in [6.45, 7) is 3.44. The van der Waals surface area contributed by atoms with Crippen molar-refractivity contribution in [3.63, 3.8) is 0 Å². The summed E-state index contributed by atoms with van der Waals surface area (Å²) in [6, 6.07) is 10.4. The van der Waals surface area contributed by atoms with Crippen LogP contribution in [-0.2, 0) is 4.79 Å². The number of benzene rings is 2. The van der Waals surface area contributed by atoms with E-state index in [1.54, 1.807) is 13.0 Å². The fourth-order valence-electron chi connectivity index (χ4n) is 2.27. The molecule has 1 amide bonds. The average molecular weight is 357 g/mol. The number of nitro groups is 1. The van der Waals surface area contributed by atoms with Crippen LogP contribution < -0.4 is 10.1 Å². The number of nitrogens with one attached hydrogen (secondary N) is 1. The van der Waals surface area contributed by atoms with E-state index in [4.69, 9.17) is 4.74 Å². The average Bonchev–Trinajstić information content (AvgIpc) is 2.93. The maximum atomic E-state index is 12.1.